The molecule has 0 N–H and O–H groups in total. The molecule has 140 valence electrons. The first-order valence-corrected chi connectivity index (χ1v) is 9.66. The number of fused-ring (bicyclic) bond motifs is 1. The van der Waals surface area contributed by atoms with Crippen molar-refractivity contribution in [1.82, 2.24) is 9.80 Å². The molecule has 0 spiro atoms. The molecule has 0 aliphatic carbocycles. The first-order chi connectivity index (χ1) is 12.5. The van der Waals surface area contributed by atoms with Crippen LogP contribution in [0, 0.1) is 0 Å². The van der Waals surface area contributed by atoms with Gasteiger partial charge < -0.3 is 14.4 Å². The molecule has 1 unspecified atom stereocenters. The van der Waals surface area contributed by atoms with Gasteiger partial charge in [0.1, 0.15) is 0 Å². The van der Waals surface area contributed by atoms with Crippen molar-refractivity contribution in [3.63, 3.8) is 0 Å². The van der Waals surface area contributed by atoms with E-state index in [4.69, 9.17) is 9.47 Å². The fraction of sp³-hybridized carbons (Fsp3) is 0.450. The van der Waals surface area contributed by atoms with Crippen LogP contribution in [-0.2, 0) is 17.8 Å². The van der Waals surface area contributed by atoms with Gasteiger partial charge in [0.15, 0.2) is 11.5 Å². The Labute approximate surface area is 159 Å². The summed E-state index contributed by atoms with van der Waals surface area (Å²) >= 11 is 1.73. The summed E-state index contributed by atoms with van der Waals surface area (Å²) in [7, 11) is 5.29. The molecule has 1 aliphatic rings. The van der Waals surface area contributed by atoms with Crippen molar-refractivity contribution in [3.8, 4) is 11.5 Å². The molecule has 0 fully saturated rings. The average molecular weight is 375 g/mol. The highest BCUT2D eigenvalue weighted by Gasteiger charge is 2.25. The molecule has 3 rings (SSSR count). The molecular weight excluding hydrogens is 348 g/mol. The Morgan fingerprint density at radius 2 is 1.96 bits per heavy atom. The number of thiophene rings is 1. The molecule has 1 atom stereocenters. The molecule has 6 heteroatoms. The number of likely N-dealkylation sites (N-methyl/N-ethyl adjacent to an activating group) is 1. The summed E-state index contributed by atoms with van der Waals surface area (Å²) in [5.41, 5.74) is 2.36. The standard InChI is InChI=1S/C20H26N2O3S/c1-14(19-6-5-9-26-19)21(2)13-20(23)22-8-7-15-10-17(24-3)18(25-4)11-16(15)12-22/h5-6,9-11,14H,7-8,12-13H2,1-4H3. The van der Waals surface area contributed by atoms with E-state index in [0.29, 0.717) is 18.8 Å². The molecule has 1 amide bonds. The van der Waals surface area contributed by atoms with E-state index >= 15 is 0 Å². The highest BCUT2D eigenvalue weighted by atomic mass is 32.1. The lowest BCUT2D eigenvalue weighted by molar-refractivity contribution is -0.133. The first-order valence-electron chi connectivity index (χ1n) is 8.78. The van der Waals surface area contributed by atoms with Gasteiger partial charge in [-0.1, -0.05) is 6.07 Å². The fourth-order valence-electron chi connectivity index (χ4n) is 3.29. The Bertz CT molecular complexity index is 761. The maximum Gasteiger partial charge on any atom is 0.237 e. The Hall–Kier alpha value is -2.05. The second kappa shape index (κ2) is 8.10. The van der Waals surface area contributed by atoms with Gasteiger partial charge in [-0.2, -0.15) is 0 Å². The van der Waals surface area contributed by atoms with Crippen LogP contribution in [0.5, 0.6) is 11.5 Å². The Morgan fingerprint density at radius 1 is 1.27 bits per heavy atom. The van der Waals surface area contributed by atoms with Crippen LogP contribution in [-0.4, -0.2) is 50.1 Å². The van der Waals surface area contributed by atoms with Gasteiger partial charge in [0.05, 0.1) is 20.8 Å². The molecule has 2 aromatic rings. The van der Waals surface area contributed by atoms with Gasteiger partial charge in [-0.25, -0.2) is 0 Å². The summed E-state index contributed by atoms with van der Waals surface area (Å²) in [5.74, 6) is 1.62. The van der Waals surface area contributed by atoms with Crippen molar-refractivity contribution in [2.45, 2.75) is 25.9 Å². The maximum absolute atomic E-state index is 12.8. The van der Waals surface area contributed by atoms with E-state index < -0.39 is 0 Å². The van der Waals surface area contributed by atoms with Crippen LogP contribution in [0.4, 0.5) is 0 Å². The van der Waals surface area contributed by atoms with Gasteiger partial charge in [-0.3, -0.25) is 9.69 Å². The van der Waals surface area contributed by atoms with E-state index in [9.17, 15) is 4.79 Å². The number of benzene rings is 1. The molecule has 0 bridgehead atoms. The number of rotatable bonds is 6. The van der Waals surface area contributed by atoms with E-state index in [1.165, 1.54) is 10.4 Å². The normalized spacial score (nSPS) is 14.9. The lowest BCUT2D eigenvalue weighted by Gasteiger charge is -2.32. The zero-order valence-corrected chi connectivity index (χ0v) is 16.6. The highest BCUT2D eigenvalue weighted by molar-refractivity contribution is 7.10. The summed E-state index contributed by atoms with van der Waals surface area (Å²) in [4.78, 5) is 18.1. The van der Waals surface area contributed by atoms with Crippen molar-refractivity contribution in [2.24, 2.45) is 0 Å². The van der Waals surface area contributed by atoms with Crippen LogP contribution in [0.25, 0.3) is 0 Å². The minimum absolute atomic E-state index is 0.163. The van der Waals surface area contributed by atoms with Gasteiger partial charge in [-0.15, -0.1) is 11.3 Å². The number of hydrogen-bond acceptors (Lipinski definition) is 5. The molecule has 1 aromatic heterocycles. The molecular formula is C20H26N2O3S. The lowest BCUT2D eigenvalue weighted by Crippen LogP contribution is -2.42. The molecule has 1 aliphatic heterocycles. The van der Waals surface area contributed by atoms with E-state index in [2.05, 4.69) is 29.3 Å². The number of methoxy groups -OCH3 is 2. The zero-order valence-electron chi connectivity index (χ0n) is 15.8. The average Bonchev–Trinajstić information content (AvgIpc) is 3.20. The fourth-order valence-corrected chi connectivity index (χ4v) is 4.14. The van der Waals surface area contributed by atoms with Crippen LogP contribution in [0.3, 0.4) is 0 Å². The number of carbonyl (C=O) groups is 1. The van der Waals surface area contributed by atoms with Crippen LogP contribution in [0.1, 0.15) is 29.0 Å². The number of hydrogen-bond donors (Lipinski definition) is 0. The maximum atomic E-state index is 12.8. The van der Waals surface area contributed by atoms with Gasteiger partial charge >= 0.3 is 0 Å². The molecule has 0 saturated heterocycles. The SMILES string of the molecule is COc1cc2c(cc1OC)CN(C(=O)CN(C)C(C)c1cccs1)CC2. The summed E-state index contributed by atoms with van der Waals surface area (Å²) in [6, 6.07) is 8.43. The van der Waals surface area contributed by atoms with Crippen molar-refractivity contribution in [2.75, 3.05) is 34.4 Å². The van der Waals surface area contributed by atoms with Crippen molar-refractivity contribution in [3.05, 3.63) is 45.6 Å². The van der Waals surface area contributed by atoms with Gasteiger partial charge in [0.2, 0.25) is 5.91 Å². The first kappa shape index (κ1) is 18.7. The summed E-state index contributed by atoms with van der Waals surface area (Å²) in [6.07, 6.45) is 0.839. The number of carbonyl (C=O) groups excluding carboxylic acids is 1. The molecule has 0 saturated carbocycles. The number of amides is 1. The molecule has 0 radical (unpaired) electrons. The monoisotopic (exact) mass is 374 g/mol. The minimum atomic E-state index is 0.163. The van der Waals surface area contributed by atoms with Gasteiger partial charge in [0, 0.05) is 24.0 Å². The van der Waals surface area contributed by atoms with Crippen LogP contribution in [0.15, 0.2) is 29.6 Å². The third-order valence-electron chi connectivity index (χ3n) is 5.07. The lowest BCUT2D eigenvalue weighted by atomic mass is 9.98. The van der Waals surface area contributed by atoms with Gasteiger partial charge in [0.25, 0.3) is 0 Å². The zero-order chi connectivity index (χ0) is 18.7. The smallest absolute Gasteiger partial charge is 0.237 e. The van der Waals surface area contributed by atoms with Crippen molar-refractivity contribution < 1.29 is 14.3 Å². The topological polar surface area (TPSA) is 42.0 Å². The molecule has 2 heterocycles. The summed E-state index contributed by atoms with van der Waals surface area (Å²) in [5, 5.41) is 2.07. The highest BCUT2D eigenvalue weighted by Crippen LogP contribution is 2.33. The third-order valence-corrected chi connectivity index (χ3v) is 6.11. The Kier molecular flexibility index (Phi) is 5.84. The predicted molar refractivity (Wildman–Crippen MR) is 104 cm³/mol. The van der Waals surface area contributed by atoms with E-state index in [1.54, 1.807) is 25.6 Å². The van der Waals surface area contributed by atoms with E-state index in [0.717, 1.165) is 24.3 Å². The predicted octanol–water partition coefficient (Wildman–Crippen LogP) is 3.34. The molecule has 5 nitrogen and oxygen atoms in total. The second-order valence-electron chi connectivity index (χ2n) is 6.65. The van der Waals surface area contributed by atoms with Crippen LogP contribution in [0.2, 0.25) is 0 Å². The van der Waals surface area contributed by atoms with E-state index in [1.807, 2.05) is 24.1 Å². The minimum Gasteiger partial charge on any atom is -0.493 e. The summed E-state index contributed by atoms with van der Waals surface area (Å²) in [6.45, 7) is 3.92. The number of ether oxygens (including phenoxy) is 2. The third kappa shape index (κ3) is 3.86. The van der Waals surface area contributed by atoms with Gasteiger partial charge in [-0.05, 0) is 55.1 Å². The number of nitrogens with zero attached hydrogens (tertiary/aromatic N) is 2. The second-order valence-corrected chi connectivity index (χ2v) is 7.63. The quantitative estimate of drug-likeness (QED) is 0.778. The van der Waals surface area contributed by atoms with E-state index in [-0.39, 0.29) is 11.9 Å². The van der Waals surface area contributed by atoms with Crippen molar-refractivity contribution >= 4 is 17.2 Å². The Balaban J connectivity index is 1.67. The molecule has 1 aromatic carbocycles. The van der Waals surface area contributed by atoms with Crippen molar-refractivity contribution in [1.29, 1.82) is 0 Å². The largest absolute Gasteiger partial charge is 0.493 e. The Morgan fingerprint density at radius 3 is 2.58 bits per heavy atom. The molecule has 26 heavy (non-hydrogen) atoms. The van der Waals surface area contributed by atoms with Crippen LogP contribution < -0.4 is 9.47 Å². The summed E-state index contributed by atoms with van der Waals surface area (Å²) < 4.78 is 10.8. The van der Waals surface area contributed by atoms with Crippen LogP contribution >= 0.6 is 11.3 Å².